The molecule has 0 aromatic carbocycles. The van der Waals surface area contributed by atoms with Crippen molar-refractivity contribution in [2.75, 3.05) is 19.7 Å². The third-order valence-electron chi connectivity index (χ3n) is 3.01. The molecule has 2 atom stereocenters. The van der Waals surface area contributed by atoms with Crippen molar-refractivity contribution >= 4 is 5.91 Å². The van der Waals surface area contributed by atoms with Crippen LogP contribution in [0.25, 0.3) is 0 Å². The lowest BCUT2D eigenvalue weighted by Crippen LogP contribution is -2.51. The third kappa shape index (κ3) is 2.48. The van der Waals surface area contributed by atoms with Crippen LogP contribution in [0.5, 0.6) is 0 Å². The van der Waals surface area contributed by atoms with Crippen LogP contribution >= 0.6 is 0 Å². The van der Waals surface area contributed by atoms with Gasteiger partial charge in [0, 0.05) is 32.4 Å². The molecule has 1 aromatic heterocycles. The van der Waals surface area contributed by atoms with Crippen LogP contribution in [0.4, 0.5) is 0 Å². The smallest absolute Gasteiger partial charge is 0.272 e. The van der Waals surface area contributed by atoms with Gasteiger partial charge in [-0.25, -0.2) is 0 Å². The van der Waals surface area contributed by atoms with Crippen LogP contribution in [-0.4, -0.2) is 52.4 Å². The number of rotatable bonds is 2. The van der Waals surface area contributed by atoms with Crippen molar-refractivity contribution in [1.82, 2.24) is 14.7 Å². The van der Waals surface area contributed by atoms with Crippen molar-refractivity contribution in [2.45, 2.75) is 19.1 Å². The number of ether oxygens (including phenoxy) is 1. The van der Waals surface area contributed by atoms with Gasteiger partial charge in [0.15, 0.2) is 0 Å². The van der Waals surface area contributed by atoms with E-state index in [0.29, 0.717) is 25.4 Å². The van der Waals surface area contributed by atoms with Crippen molar-refractivity contribution in [1.29, 1.82) is 0 Å². The molecular formula is C11H18N4O2. The summed E-state index contributed by atoms with van der Waals surface area (Å²) in [7, 11) is 1.76. The predicted molar refractivity (Wildman–Crippen MR) is 62.5 cm³/mol. The summed E-state index contributed by atoms with van der Waals surface area (Å²) in [5, 5.41) is 4.00. The minimum Gasteiger partial charge on any atom is -0.373 e. The van der Waals surface area contributed by atoms with Crippen LogP contribution in [0, 0.1) is 0 Å². The van der Waals surface area contributed by atoms with Gasteiger partial charge in [-0.3, -0.25) is 9.48 Å². The Hall–Kier alpha value is -1.40. The first-order chi connectivity index (χ1) is 8.09. The van der Waals surface area contributed by atoms with E-state index in [1.807, 2.05) is 6.92 Å². The Morgan fingerprint density at radius 3 is 3.06 bits per heavy atom. The van der Waals surface area contributed by atoms with Crippen LogP contribution in [-0.2, 0) is 11.8 Å². The molecule has 1 aromatic rings. The van der Waals surface area contributed by atoms with Gasteiger partial charge in [0.05, 0.1) is 12.7 Å². The van der Waals surface area contributed by atoms with E-state index >= 15 is 0 Å². The number of aromatic nitrogens is 2. The monoisotopic (exact) mass is 238 g/mol. The minimum atomic E-state index is -0.0825. The normalized spacial score (nSPS) is 22.5. The maximum atomic E-state index is 12.2. The molecule has 0 radical (unpaired) electrons. The van der Waals surface area contributed by atoms with E-state index < -0.39 is 0 Å². The molecule has 1 aliphatic rings. The Morgan fingerprint density at radius 2 is 2.47 bits per heavy atom. The lowest BCUT2D eigenvalue weighted by molar-refractivity contribution is -0.0303. The van der Waals surface area contributed by atoms with Crippen molar-refractivity contribution in [2.24, 2.45) is 12.8 Å². The van der Waals surface area contributed by atoms with Gasteiger partial charge in [-0.1, -0.05) is 0 Å². The molecule has 0 bridgehead atoms. The molecule has 6 heteroatoms. The van der Waals surface area contributed by atoms with Crippen molar-refractivity contribution in [3.8, 4) is 0 Å². The SMILES string of the molecule is CC(N)C1CN(C(=O)c2ccnn2C)CCO1. The summed E-state index contributed by atoms with van der Waals surface area (Å²) in [6.45, 7) is 3.58. The number of carbonyl (C=O) groups excluding carboxylic acids is 1. The number of aryl methyl sites for hydroxylation is 1. The number of amides is 1. The molecule has 2 N–H and O–H groups in total. The number of morpholine rings is 1. The zero-order valence-electron chi connectivity index (χ0n) is 10.2. The summed E-state index contributed by atoms with van der Waals surface area (Å²) in [4.78, 5) is 14.0. The van der Waals surface area contributed by atoms with E-state index in [2.05, 4.69) is 5.10 Å². The number of nitrogens with two attached hydrogens (primary N) is 1. The quantitative estimate of drug-likeness (QED) is 0.761. The third-order valence-corrected chi connectivity index (χ3v) is 3.01. The molecule has 94 valence electrons. The highest BCUT2D eigenvalue weighted by molar-refractivity contribution is 5.92. The Balaban J connectivity index is 2.07. The molecule has 0 saturated carbocycles. The summed E-state index contributed by atoms with van der Waals surface area (Å²) < 4.78 is 7.11. The molecule has 6 nitrogen and oxygen atoms in total. The largest absolute Gasteiger partial charge is 0.373 e. The Bertz CT molecular complexity index is 402. The maximum absolute atomic E-state index is 12.2. The maximum Gasteiger partial charge on any atom is 0.272 e. The molecule has 0 aliphatic carbocycles. The van der Waals surface area contributed by atoms with Gasteiger partial charge in [-0.15, -0.1) is 0 Å². The second kappa shape index (κ2) is 4.85. The van der Waals surface area contributed by atoms with E-state index in [9.17, 15) is 4.79 Å². The molecule has 1 fully saturated rings. The van der Waals surface area contributed by atoms with Crippen LogP contribution < -0.4 is 5.73 Å². The summed E-state index contributed by atoms with van der Waals surface area (Å²) >= 11 is 0. The Kier molecular flexibility index (Phi) is 3.44. The zero-order chi connectivity index (χ0) is 12.4. The molecule has 2 unspecified atom stereocenters. The lowest BCUT2D eigenvalue weighted by Gasteiger charge is -2.34. The van der Waals surface area contributed by atoms with E-state index in [-0.39, 0.29) is 18.1 Å². The molecular weight excluding hydrogens is 220 g/mol. The molecule has 0 spiro atoms. The van der Waals surface area contributed by atoms with E-state index in [4.69, 9.17) is 10.5 Å². The van der Waals surface area contributed by atoms with Gasteiger partial charge in [0.2, 0.25) is 0 Å². The topological polar surface area (TPSA) is 73.4 Å². The second-order valence-electron chi connectivity index (χ2n) is 4.36. The predicted octanol–water partition coefficient (Wildman–Crippen LogP) is -0.392. The standard InChI is InChI=1S/C11H18N4O2/c1-8(12)10-7-15(5-6-17-10)11(16)9-3-4-13-14(9)2/h3-4,8,10H,5-7,12H2,1-2H3. The highest BCUT2D eigenvalue weighted by Crippen LogP contribution is 2.11. The average molecular weight is 238 g/mol. The van der Waals surface area contributed by atoms with Gasteiger partial charge in [-0.2, -0.15) is 5.10 Å². The number of hydrogen-bond donors (Lipinski definition) is 1. The molecule has 2 heterocycles. The summed E-state index contributed by atoms with van der Waals surface area (Å²) in [6, 6.07) is 1.65. The van der Waals surface area contributed by atoms with Gasteiger partial charge in [0.1, 0.15) is 5.69 Å². The highest BCUT2D eigenvalue weighted by atomic mass is 16.5. The average Bonchev–Trinajstić information content (AvgIpc) is 2.74. The van der Waals surface area contributed by atoms with Crippen LogP contribution in [0.1, 0.15) is 17.4 Å². The number of carbonyl (C=O) groups is 1. The molecule has 17 heavy (non-hydrogen) atoms. The fourth-order valence-electron chi connectivity index (χ4n) is 1.92. The van der Waals surface area contributed by atoms with Gasteiger partial charge >= 0.3 is 0 Å². The Labute approximate surface area is 100 Å². The second-order valence-corrected chi connectivity index (χ2v) is 4.36. The van der Waals surface area contributed by atoms with Gasteiger partial charge in [-0.05, 0) is 13.0 Å². The van der Waals surface area contributed by atoms with Crippen molar-refractivity contribution in [3.05, 3.63) is 18.0 Å². The minimum absolute atomic E-state index is 0.0149. The first-order valence-corrected chi connectivity index (χ1v) is 5.74. The van der Waals surface area contributed by atoms with E-state index in [1.165, 1.54) is 0 Å². The Morgan fingerprint density at radius 1 is 1.71 bits per heavy atom. The fourth-order valence-corrected chi connectivity index (χ4v) is 1.92. The highest BCUT2D eigenvalue weighted by Gasteiger charge is 2.28. The van der Waals surface area contributed by atoms with Crippen LogP contribution in [0.2, 0.25) is 0 Å². The summed E-state index contributed by atoms with van der Waals surface area (Å²) in [5.41, 5.74) is 6.39. The van der Waals surface area contributed by atoms with Gasteiger partial charge < -0.3 is 15.4 Å². The van der Waals surface area contributed by atoms with Crippen molar-refractivity contribution in [3.63, 3.8) is 0 Å². The van der Waals surface area contributed by atoms with Crippen LogP contribution in [0.3, 0.4) is 0 Å². The summed E-state index contributed by atoms with van der Waals surface area (Å²) in [5.74, 6) is -0.0149. The van der Waals surface area contributed by atoms with Crippen LogP contribution in [0.15, 0.2) is 12.3 Å². The molecule has 1 aliphatic heterocycles. The first kappa shape index (κ1) is 12.1. The van der Waals surface area contributed by atoms with Gasteiger partial charge in [0.25, 0.3) is 5.91 Å². The zero-order valence-corrected chi connectivity index (χ0v) is 10.2. The number of nitrogens with zero attached hydrogens (tertiary/aromatic N) is 3. The number of hydrogen-bond acceptors (Lipinski definition) is 4. The molecule has 2 rings (SSSR count). The summed E-state index contributed by atoms with van der Waals surface area (Å²) in [6.07, 6.45) is 1.54. The molecule has 1 amide bonds. The van der Waals surface area contributed by atoms with Crippen molar-refractivity contribution < 1.29 is 9.53 Å². The van der Waals surface area contributed by atoms with E-state index in [0.717, 1.165) is 0 Å². The first-order valence-electron chi connectivity index (χ1n) is 5.74. The fraction of sp³-hybridized carbons (Fsp3) is 0.636. The van der Waals surface area contributed by atoms with E-state index in [1.54, 1.807) is 28.9 Å². The lowest BCUT2D eigenvalue weighted by atomic mass is 10.1. The molecule has 1 saturated heterocycles.